The summed E-state index contributed by atoms with van der Waals surface area (Å²) in [5.41, 5.74) is 2.04. The number of amides is 2. The van der Waals surface area contributed by atoms with Gasteiger partial charge in [0, 0.05) is 37.6 Å². The van der Waals surface area contributed by atoms with Crippen molar-refractivity contribution in [3.05, 3.63) is 5.51 Å². The summed E-state index contributed by atoms with van der Waals surface area (Å²) in [7, 11) is 0. The largest absolute Gasteiger partial charge is 0.346 e. The maximum atomic E-state index is 12.6. The first kappa shape index (κ1) is 16.1. The van der Waals surface area contributed by atoms with E-state index >= 15 is 0 Å². The van der Waals surface area contributed by atoms with Crippen molar-refractivity contribution in [3.8, 4) is 0 Å². The Labute approximate surface area is 147 Å². The van der Waals surface area contributed by atoms with Crippen LogP contribution in [0, 0.1) is 5.41 Å². The number of hydrogen-bond donors (Lipinski definition) is 1. The van der Waals surface area contributed by atoms with Crippen molar-refractivity contribution >= 4 is 22.5 Å². The molecule has 1 atom stereocenters. The SMILES string of the molecule is O=C(NC1CCCCC1)N1CC[C@]2(CCCN(c3nncs3)C2)C1. The van der Waals surface area contributed by atoms with Crippen molar-refractivity contribution in [1.82, 2.24) is 20.4 Å². The zero-order chi connectivity index (χ0) is 16.4. The Morgan fingerprint density at radius 2 is 2.04 bits per heavy atom. The van der Waals surface area contributed by atoms with Gasteiger partial charge in [-0.3, -0.25) is 0 Å². The smallest absolute Gasteiger partial charge is 0.317 e. The van der Waals surface area contributed by atoms with Crippen LogP contribution in [0.5, 0.6) is 0 Å². The number of nitrogens with one attached hydrogen (secondary N) is 1. The van der Waals surface area contributed by atoms with Crippen LogP contribution in [0.3, 0.4) is 0 Å². The summed E-state index contributed by atoms with van der Waals surface area (Å²) in [5.74, 6) is 0. The molecule has 1 aliphatic carbocycles. The molecule has 2 saturated heterocycles. The summed E-state index contributed by atoms with van der Waals surface area (Å²) in [6.45, 7) is 3.85. The summed E-state index contributed by atoms with van der Waals surface area (Å²) < 4.78 is 0. The van der Waals surface area contributed by atoms with E-state index in [2.05, 4.69) is 25.3 Å². The number of likely N-dealkylation sites (tertiary alicyclic amines) is 1. The zero-order valence-electron chi connectivity index (χ0n) is 14.2. The number of carbonyl (C=O) groups excluding carboxylic acids is 1. The minimum Gasteiger partial charge on any atom is -0.346 e. The summed E-state index contributed by atoms with van der Waals surface area (Å²) >= 11 is 1.61. The Morgan fingerprint density at radius 1 is 1.17 bits per heavy atom. The molecule has 1 aromatic heterocycles. The summed E-state index contributed by atoms with van der Waals surface area (Å²) in [6.07, 6.45) is 9.64. The number of anilines is 1. The van der Waals surface area contributed by atoms with E-state index in [4.69, 9.17) is 0 Å². The fourth-order valence-corrected chi connectivity index (χ4v) is 5.22. The maximum Gasteiger partial charge on any atom is 0.317 e. The van der Waals surface area contributed by atoms with Gasteiger partial charge < -0.3 is 15.1 Å². The molecule has 3 heterocycles. The molecule has 0 unspecified atom stereocenters. The molecule has 1 spiro atoms. The normalized spacial score (nSPS) is 28.5. The van der Waals surface area contributed by atoms with Gasteiger partial charge in [-0.25, -0.2) is 4.79 Å². The lowest BCUT2D eigenvalue weighted by Crippen LogP contribution is -2.48. The summed E-state index contributed by atoms with van der Waals surface area (Å²) in [5, 5.41) is 12.5. The molecule has 6 nitrogen and oxygen atoms in total. The maximum absolute atomic E-state index is 12.6. The average molecular weight is 350 g/mol. The van der Waals surface area contributed by atoms with E-state index in [9.17, 15) is 4.79 Å². The van der Waals surface area contributed by atoms with E-state index in [-0.39, 0.29) is 11.4 Å². The third-order valence-electron chi connectivity index (χ3n) is 5.94. The van der Waals surface area contributed by atoms with E-state index in [0.717, 1.165) is 50.6 Å². The fraction of sp³-hybridized carbons (Fsp3) is 0.824. The van der Waals surface area contributed by atoms with Gasteiger partial charge in [0.25, 0.3) is 0 Å². The monoisotopic (exact) mass is 349 g/mol. The van der Waals surface area contributed by atoms with Crippen LogP contribution in [0.2, 0.25) is 0 Å². The predicted molar refractivity (Wildman–Crippen MR) is 95.4 cm³/mol. The van der Waals surface area contributed by atoms with Crippen molar-refractivity contribution < 1.29 is 4.79 Å². The van der Waals surface area contributed by atoms with Crippen LogP contribution in [0.1, 0.15) is 51.4 Å². The Bertz CT molecular complexity index is 559. The topological polar surface area (TPSA) is 61.4 Å². The molecule has 1 aromatic rings. The molecule has 7 heteroatoms. The predicted octanol–water partition coefficient (Wildman–Crippen LogP) is 2.87. The minimum atomic E-state index is 0.159. The van der Waals surface area contributed by atoms with E-state index < -0.39 is 0 Å². The van der Waals surface area contributed by atoms with Crippen molar-refractivity contribution in [1.29, 1.82) is 0 Å². The first-order valence-corrected chi connectivity index (χ1v) is 10.2. The molecule has 3 aliphatic rings. The summed E-state index contributed by atoms with van der Waals surface area (Å²) in [6, 6.07) is 0.555. The molecule has 132 valence electrons. The Morgan fingerprint density at radius 3 is 2.83 bits per heavy atom. The second-order valence-electron chi connectivity index (χ2n) is 7.70. The first-order chi connectivity index (χ1) is 11.7. The number of carbonyl (C=O) groups is 1. The number of hydrogen-bond acceptors (Lipinski definition) is 5. The minimum absolute atomic E-state index is 0.159. The Balaban J connectivity index is 1.35. The second kappa shape index (κ2) is 6.86. The van der Waals surface area contributed by atoms with Crippen LogP contribution in [-0.2, 0) is 0 Å². The lowest BCUT2D eigenvalue weighted by atomic mass is 9.79. The van der Waals surface area contributed by atoms with Gasteiger partial charge in [0.1, 0.15) is 5.51 Å². The first-order valence-electron chi connectivity index (χ1n) is 9.31. The van der Waals surface area contributed by atoms with Gasteiger partial charge in [-0.2, -0.15) is 0 Å². The number of piperidine rings is 1. The molecule has 0 radical (unpaired) electrons. The van der Waals surface area contributed by atoms with E-state index in [0.29, 0.717) is 6.04 Å². The number of aromatic nitrogens is 2. The highest BCUT2D eigenvalue weighted by Crippen LogP contribution is 2.40. The van der Waals surface area contributed by atoms with Crippen LogP contribution in [-0.4, -0.2) is 53.3 Å². The Kier molecular flexibility index (Phi) is 4.61. The highest BCUT2D eigenvalue weighted by Gasteiger charge is 2.43. The number of urea groups is 1. The van der Waals surface area contributed by atoms with Gasteiger partial charge in [-0.15, -0.1) is 10.2 Å². The Hall–Kier alpha value is -1.37. The number of rotatable bonds is 2. The molecule has 24 heavy (non-hydrogen) atoms. The van der Waals surface area contributed by atoms with Crippen LogP contribution in [0.4, 0.5) is 9.93 Å². The van der Waals surface area contributed by atoms with Crippen LogP contribution in [0.15, 0.2) is 5.51 Å². The van der Waals surface area contributed by atoms with Gasteiger partial charge in [0.05, 0.1) is 0 Å². The van der Waals surface area contributed by atoms with Gasteiger partial charge in [0.2, 0.25) is 5.13 Å². The second-order valence-corrected chi connectivity index (χ2v) is 8.51. The van der Waals surface area contributed by atoms with E-state index in [1.165, 1.54) is 32.1 Å². The summed E-state index contributed by atoms with van der Waals surface area (Å²) in [4.78, 5) is 17.0. The lowest BCUT2D eigenvalue weighted by Gasteiger charge is -2.40. The number of nitrogens with zero attached hydrogens (tertiary/aromatic N) is 4. The highest BCUT2D eigenvalue weighted by molar-refractivity contribution is 7.13. The van der Waals surface area contributed by atoms with Gasteiger partial charge in [-0.05, 0) is 32.1 Å². The van der Waals surface area contributed by atoms with Gasteiger partial charge in [-0.1, -0.05) is 30.6 Å². The molecule has 2 aliphatic heterocycles. The van der Waals surface area contributed by atoms with Crippen LogP contribution < -0.4 is 10.2 Å². The van der Waals surface area contributed by atoms with Crippen LogP contribution >= 0.6 is 11.3 Å². The molecule has 3 fully saturated rings. The molecule has 2 amide bonds. The molecular weight excluding hydrogens is 322 g/mol. The molecular formula is C17H27N5OS. The van der Waals surface area contributed by atoms with Gasteiger partial charge in [0.15, 0.2) is 0 Å². The molecule has 0 bridgehead atoms. The zero-order valence-corrected chi connectivity index (χ0v) is 15.1. The van der Waals surface area contributed by atoms with Crippen molar-refractivity contribution in [3.63, 3.8) is 0 Å². The highest BCUT2D eigenvalue weighted by atomic mass is 32.1. The quantitative estimate of drug-likeness (QED) is 0.892. The average Bonchev–Trinajstić information content (AvgIpc) is 3.26. The van der Waals surface area contributed by atoms with E-state index in [1.807, 2.05) is 0 Å². The van der Waals surface area contributed by atoms with Crippen LogP contribution in [0.25, 0.3) is 0 Å². The fourth-order valence-electron chi connectivity index (χ4n) is 4.63. The molecule has 1 N–H and O–H groups in total. The third-order valence-corrected chi connectivity index (χ3v) is 6.69. The van der Waals surface area contributed by atoms with Crippen molar-refractivity contribution in [2.75, 3.05) is 31.1 Å². The molecule has 0 aromatic carbocycles. The third kappa shape index (κ3) is 3.36. The van der Waals surface area contributed by atoms with Crippen molar-refractivity contribution in [2.45, 2.75) is 57.4 Å². The molecule has 4 rings (SSSR count). The lowest BCUT2D eigenvalue weighted by molar-refractivity contribution is 0.185. The standard InChI is InChI=1S/C17H27N5OS/c23-15(19-14-5-2-1-3-6-14)21-10-8-17(11-21)7-4-9-22(12-17)16-20-18-13-24-16/h13-14H,1-12H2,(H,19,23)/t17-/m1/s1. The molecule has 1 saturated carbocycles. The van der Waals surface area contributed by atoms with E-state index in [1.54, 1.807) is 16.8 Å². The van der Waals surface area contributed by atoms with Crippen molar-refractivity contribution in [2.24, 2.45) is 5.41 Å². The van der Waals surface area contributed by atoms with Gasteiger partial charge >= 0.3 is 6.03 Å².